The molecule has 3 aliphatic heterocycles. The zero-order valence-electron chi connectivity index (χ0n) is 14.4. The second-order valence-corrected chi connectivity index (χ2v) is 7.33. The fourth-order valence-electron chi connectivity index (χ4n) is 4.54. The van der Waals surface area contributed by atoms with Crippen LogP contribution in [0, 0.1) is 5.92 Å². The number of aromatic nitrogens is 1. The van der Waals surface area contributed by atoms with Crippen molar-refractivity contribution in [2.45, 2.75) is 44.3 Å². The van der Waals surface area contributed by atoms with Crippen molar-refractivity contribution in [3.8, 4) is 0 Å². The maximum absolute atomic E-state index is 4.31. The molecule has 24 heavy (non-hydrogen) atoms. The van der Waals surface area contributed by atoms with Gasteiger partial charge in [-0.15, -0.1) is 0 Å². The second-order valence-electron chi connectivity index (χ2n) is 7.33. The molecule has 2 bridgehead atoms. The maximum Gasteiger partial charge on any atom is 0.0300 e. The molecular formula is C21H27N3. The monoisotopic (exact) mass is 321 g/mol. The topological polar surface area (TPSA) is 28.2 Å². The minimum Gasteiger partial charge on any atom is -0.306 e. The summed E-state index contributed by atoms with van der Waals surface area (Å²) in [6.45, 7) is 4.81. The maximum atomic E-state index is 4.31. The Morgan fingerprint density at radius 2 is 1.92 bits per heavy atom. The number of benzene rings is 1. The summed E-state index contributed by atoms with van der Waals surface area (Å²) in [7, 11) is 0. The van der Waals surface area contributed by atoms with Crippen LogP contribution in [0.15, 0.2) is 54.9 Å². The third kappa shape index (κ3) is 3.24. The van der Waals surface area contributed by atoms with E-state index >= 15 is 0 Å². The lowest BCUT2D eigenvalue weighted by Crippen LogP contribution is -2.63. The summed E-state index contributed by atoms with van der Waals surface area (Å²) in [5.41, 5.74) is 2.74. The summed E-state index contributed by atoms with van der Waals surface area (Å²) in [6.07, 6.45) is 7.67. The molecule has 126 valence electrons. The van der Waals surface area contributed by atoms with E-state index in [0.29, 0.717) is 18.1 Å². The average Bonchev–Trinajstić information content (AvgIpc) is 2.66. The summed E-state index contributed by atoms with van der Waals surface area (Å²) in [4.78, 5) is 7.00. The van der Waals surface area contributed by atoms with Gasteiger partial charge in [-0.2, -0.15) is 0 Å². The predicted octanol–water partition coefficient (Wildman–Crippen LogP) is 3.44. The lowest BCUT2D eigenvalue weighted by molar-refractivity contribution is 0.00939. The standard InChI is InChI=1S/C21H27N3/c1-16(18-7-3-2-4-8-18)23-21-19-9-12-24(13-10-19)20(21)14-17-6-5-11-22-15-17/h2-8,11,15-16,19-21,23H,9-10,12-14H2,1H3/t16-,20?,21?/m1/s1. The Hall–Kier alpha value is -1.71. The van der Waals surface area contributed by atoms with Crippen LogP contribution in [0.1, 0.15) is 36.9 Å². The van der Waals surface area contributed by atoms with Gasteiger partial charge in [-0.25, -0.2) is 0 Å². The first-order valence-corrected chi connectivity index (χ1v) is 9.25. The Kier molecular flexibility index (Phi) is 4.63. The van der Waals surface area contributed by atoms with E-state index in [9.17, 15) is 0 Å². The predicted molar refractivity (Wildman–Crippen MR) is 97.8 cm³/mol. The van der Waals surface area contributed by atoms with Crippen molar-refractivity contribution in [1.29, 1.82) is 0 Å². The fourth-order valence-corrected chi connectivity index (χ4v) is 4.54. The van der Waals surface area contributed by atoms with E-state index in [4.69, 9.17) is 0 Å². The molecule has 0 radical (unpaired) electrons. The van der Waals surface area contributed by atoms with E-state index in [-0.39, 0.29) is 0 Å². The van der Waals surface area contributed by atoms with Crippen LogP contribution in [0.2, 0.25) is 0 Å². The number of nitrogens with one attached hydrogen (secondary N) is 1. The van der Waals surface area contributed by atoms with Gasteiger partial charge < -0.3 is 5.32 Å². The van der Waals surface area contributed by atoms with Crippen molar-refractivity contribution in [3.05, 3.63) is 66.0 Å². The van der Waals surface area contributed by atoms with Crippen molar-refractivity contribution in [1.82, 2.24) is 15.2 Å². The number of hydrogen-bond donors (Lipinski definition) is 1. The number of pyridine rings is 1. The lowest BCUT2D eigenvalue weighted by Gasteiger charge is -2.52. The molecule has 4 heterocycles. The highest BCUT2D eigenvalue weighted by Gasteiger charge is 2.42. The minimum atomic E-state index is 0.396. The van der Waals surface area contributed by atoms with Gasteiger partial charge in [0.1, 0.15) is 0 Å². The molecule has 1 aromatic carbocycles. The average molecular weight is 321 g/mol. The molecule has 5 rings (SSSR count). The van der Waals surface area contributed by atoms with Gasteiger partial charge in [0, 0.05) is 30.5 Å². The minimum absolute atomic E-state index is 0.396. The highest BCUT2D eigenvalue weighted by atomic mass is 15.2. The summed E-state index contributed by atoms with van der Waals surface area (Å²) in [5.74, 6) is 0.808. The summed E-state index contributed by atoms with van der Waals surface area (Å²) in [5, 5.41) is 3.97. The molecule has 2 aromatic rings. The molecule has 3 heteroatoms. The van der Waals surface area contributed by atoms with Gasteiger partial charge in [-0.1, -0.05) is 36.4 Å². The van der Waals surface area contributed by atoms with Gasteiger partial charge in [0.25, 0.3) is 0 Å². The summed E-state index contributed by atoms with van der Waals surface area (Å²) >= 11 is 0. The van der Waals surface area contributed by atoms with Gasteiger partial charge >= 0.3 is 0 Å². The van der Waals surface area contributed by atoms with E-state index < -0.39 is 0 Å². The molecule has 0 spiro atoms. The van der Waals surface area contributed by atoms with E-state index in [2.05, 4.69) is 64.6 Å². The number of fused-ring (bicyclic) bond motifs is 3. The smallest absolute Gasteiger partial charge is 0.0300 e. The Morgan fingerprint density at radius 3 is 2.62 bits per heavy atom. The summed E-state index contributed by atoms with van der Waals surface area (Å²) in [6, 6.07) is 16.7. The highest BCUT2D eigenvalue weighted by molar-refractivity contribution is 5.19. The van der Waals surface area contributed by atoms with Crippen molar-refractivity contribution in [3.63, 3.8) is 0 Å². The zero-order valence-corrected chi connectivity index (χ0v) is 14.4. The van der Waals surface area contributed by atoms with Gasteiger partial charge in [0.05, 0.1) is 0 Å². The highest BCUT2D eigenvalue weighted by Crippen LogP contribution is 2.35. The van der Waals surface area contributed by atoms with Crippen LogP contribution in [0.25, 0.3) is 0 Å². The fraction of sp³-hybridized carbons (Fsp3) is 0.476. The van der Waals surface area contributed by atoms with Crippen molar-refractivity contribution >= 4 is 0 Å². The quantitative estimate of drug-likeness (QED) is 0.914. The van der Waals surface area contributed by atoms with E-state index in [0.717, 1.165) is 12.3 Å². The molecule has 3 atom stereocenters. The molecule has 3 aliphatic rings. The van der Waals surface area contributed by atoms with Crippen molar-refractivity contribution < 1.29 is 0 Å². The molecule has 3 saturated heterocycles. The van der Waals surface area contributed by atoms with E-state index in [1.165, 1.54) is 37.1 Å². The lowest BCUT2D eigenvalue weighted by atomic mass is 9.76. The SMILES string of the molecule is C[C@@H](NC1C2CCN(CC2)C1Cc1cccnc1)c1ccccc1. The van der Waals surface area contributed by atoms with E-state index in [1.54, 1.807) is 0 Å². The molecular weight excluding hydrogens is 294 g/mol. The first-order chi connectivity index (χ1) is 11.8. The van der Waals surface area contributed by atoms with Crippen LogP contribution >= 0.6 is 0 Å². The van der Waals surface area contributed by atoms with Crippen LogP contribution in [0.4, 0.5) is 0 Å². The van der Waals surface area contributed by atoms with Gasteiger partial charge in [-0.05, 0) is 62.4 Å². The molecule has 1 aromatic heterocycles. The number of rotatable bonds is 5. The van der Waals surface area contributed by atoms with Crippen LogP contribution in [-0.2, 0) is 6.42 Å². The van der Waals surface area contributed by atoms with Crippen molar-refractivity contribution in [2.24, 2.45) is 5.92 Å². The van der Waals surface area contributed by atoms with Gasteiger partial charge in [0.15, 0.2) is 0 Å². The van der Waals surface area contributed by atoms with Gasteiger partial charge in [-0.3, -0.25) is 9.88 Å². The molecule has 3 nitrogen and oxygen atoms in total. The Bertz CT molecular complexity index is 635. The van der Waals surface area contributed by atoms with Crippen LogP contribution in [-0.4, -0.2) is 35.1 Å². The first kappa shape index (κ1) is 15.8. The number of hydrogen-bond acceptors (Lipinski definition) is 3. The third-order valence-electron chi connectivity index (χ3n) is 5.88. The largest absolute Gasteiger partial charge is 0.306 e. The Labute approximate surface area is 145 Å². The molecule has 0 saturated carbocycles. The molecule has 2 unspecified atom stereocenters. The normalized spacial score (nSPS) is 30.2. The summed E-state index contributed by atoms with van der Waals surface area (Å²) < 4.78 is 0. The van der Waals surface area contributed by atoms with Crippen LogP contribution in [0.5, 0.6) is 0 Å². The molecule has 0 aliphatic carbocycles. The first-order valence-electron chi connectivity index (χ1n) is 9.25. The van der Waals surface area contributed by atoms with Crippen LogP contribution in [0.3, 0.4) is 0 Å². The Balaban J connectivity index is 1.52. The molecule has 0 amide bonds. The van der Waals surface area contributed by atoms with Gasteiger partial charge in [0.2, 0.25) is 0 Å². The Morgan fingerprint density at radius 1 is 1.12 bits per heavy atom. The van der Waals surface area contributed by atoms with Crippen LogP contribution < -0.4 is 5.32 Å². The zero-order chi connectivity index (χ0) is 16.4. The number of piperidine rings is 3. The second kappa shape index (κ2) is 7.04. The van der Waals surface area contributed by atoms with E-state index in [1.807, 2.05) is 12.4 Å². The molecule has 3 fully saturated rings. The number of nitrogens with zero attached hydrogens (tertiary/aromatic N) is 2. The third-order valence-corrected chi connectivity index (χ3v) is 5.88. The molecule has 1 N–H and O–H groups in total. The van der Waals surface area contributed by atoms with Crippen molar-refractivity contribution in [2.75, 3.05) is 13.1 Å².